The standard InChI is InChI=1S/C13H13N3O5S2/c1-8(2)12(17)15-13-14-7-11(22-13)23(20,21)10-5-3-9(4-6-10)16(18)19/h3-8H,1-2H3,(H,14,15,17). The summed E-state index contributed by atoms with van der Waals surface area (Å²) < 4.78 is 24.8. The molecule has 0 aliphatic rings. The van der Waals surface area contributed by atoms with Gasteiger partial charge in [0.25, 0.3) is 5.69 Å². The van der Waals surface area contributed by atoms with Crippen LogP contribution in [0, 0.1) is 16.0 Å². The number of nitrogens with zero attached hydrogens (tertiary/aromatic N) is 2. The molecule has 0 unspecified atom stereocenters. The summed E-state index contributed by atoms with van der Waals surface area (Å²) in [7, 11) is -3.83. The normalized spacial score (nSPS) is 11.4. The van der Waals surface area contributed by atoms with Gasteiger partial charge in [0, 0.05) is 18.1 Å². The molecule has 2 rings (SSSR count). The lowest BCUT2D eigenvalue weighted by molar-refractivity contribution is -0.384. The number of thiazole rings is 1. The number of hydrogen-bond donors (Lipinski definition) is 1. The molecular formula is C13H13N3O5S2. The van der Waals surface area contributed by atoms with E-state index < -0.39 is 14.8 Å². The molecule has 8 nitrogen and oxygen atoms in total. The minimum absolute atomic E-state index is 0.0505. The number of rotatable bonds is 5. The summed E-state index contributed by atoms with van der Waals surface area (Å²) in [6.07, 6.45) is 1.15. The minimum atomic E-state index is -3.83. The Morgan fingerprint density at radius 1 is 1.30 bits per heavy atom. The zero-order valence-corrected chi connectivity index (χ0v) is 13.8. The number of nitrogens with one attached hydrogen (secondary N) is 1. The Morgan fingerprint density at radius 3 is 2.43 bits per heavy atom. The van der Waals surface area contributed by atoms with Crippen LogP contribution in [0.2, 0.25) is 0 Å². The van der Waals surface area contributed by atoms with Crippen molar-refractivity contribution in [1.29, 1.82) is 0 Å². The minimum Gasteiger partial charge on any atom is -0.302 e. The van der Waals surface area contributed by atoms with Crippen LogP contribution in [0.4, 0.5) is 10.8 Å². The maximum Gasteiger partial charge on any atom is 0.269 e. The van der Waals surface area contributed by atoms with Gasteiger partial charge < -0.3 is 5.32 Å². The summed E-state index contributed by atoms with van der Waals surface area (Å²) in [6, 6.07) is 4.57. The number of nitro benzene ring substituents is 1. The predicted octanol–water partition coefficient (Wildman–Crippen LogP) is 2.48. The fraction of sp³-hybridized carbons (Fsp3) is 0.231. The van der Waals surface area contributed by atoms with Crippen LogP contribution < -0.4 is 5.32 Å². The van der Waals surface area contributed by atoms with Gasteiger partial charge in [-0.15, -0.1) is 0 Å². The van der Waals surface area contributed by atoms with E-state index in [2.05, 4.69) is 10.3 Å². The zero-order chi connectivity index (χ0) is 17.2. The highest BCUT2D eigenvalue weighted by Crippen LogP contribution is 2.29. The second-order valence-electron chi connectivity index (χ2n) is 4.88. The largest absolute Gasteiger partial charge is 0.302 e. The number of non-ortho nitro benzene ring substituents is 1. The Labute approximate surface area is 136 Å². The molecule has 0 spiro atoms. The molecule has 0 aliphatic carbocycles. The van der Waals surface area contributed by atoms with Crippen molar-refractivity contribution in [3.05, 3.63) is 40.6 Å². The molecule has 0 saturated carbocycles. The second-order valence-corrected chi connectivity index (χ2v) is 8.09. The molecule has 1 aromatic carbocycles. The van der Waals surface area contributed by atoms with Crippen molar-refractivity contribution in [3.63, 3.8) is 0 Å². The fourth-order valence-corrected chi connectivity index (χ4v) is 3.99. The molecule has 0 aliphatic heterocycles. The molecule has 1 N–H and O–H groups in total. The lowest BCUT2D eigenvalue weighted by Crippen LogP contribution is -2.17. The van der Waals surface area contributed by atoms with Gasteiger partial charge in [0.05, 0.1) is 16.0 Å². The van der Waals surface area contributed by atoms with E-state index in [-0.39, 0.29) is 31.7 Å². The van der Waals surface area contributed by atoms with Crippen LogP contribution in [-0.4, -0.2) is 24.2 Å². The first-order valence-corrected chi connectivity index (χ1v) is 8.78. The van der Waals surface area contributed by atoms with Crippen molar-refractivity contribution < 1.29 is 18.1 Å². The van der Waals surface area contributed by atoms with E-state index >= 15 is 0 Å². The first-order chi connectivity index (χ1) is 10.7. The van der Waals surface area contributed by atoms with E-state index in [1.165, 1.54) is 12.1 Å². The van der Waals surface area contributed by atoms with E-state index in [0.29, 0.717) is 0 Å². The van der Waals surface area contributed by atoms with Crippen LogP contribution in [-0.2, 0) is 14.6 Å². The van der Waals surface area contributed by atoms with Gasteiger partial charge in [0.2, 0.25) is 15.7 Å². The van der Waals surface area contributed by atoms with Gasteiger partial charge in [0.15, 0.2) is 5.13 Å². The van der Waals surface area contributed by atoms with Gasteiger partial charge in [-0.1, -0.05) is 25.2 Å². The lowest BCUT2D eigenvalue weighted by Gasteiger charge is -2.03. The average molecular weight is 355 g/mol. The first-order valence-electron chi connectivity index (χ1n) is 6.48. The first kappa shape index (κ1) is 17.0. The Balaban J connectivity index is 2.28. The number of aromatic nitrogens is 1. The van der Waals surface area contributed by atoms with E-state index in [0.717, 1.165) is 29.7 Å². The van der Waals surface area contributed by atoms with Crippen LogP contribution in [0.5, 0.6) is 0 Å². The van der Waals surface area contributed by atoms with Crippen LogP contribution in [0.15, 0.2) is 39.6 Å². The molecule has 0 bridgehead atoms. The molecule has 0 radical (unpaired) electrons. The number of amides is 1. The van der Waals surface area contributed by atoms with E-state index in [1.807, 2.05) is 0 Å². The summed E-state index contributed by atoms with van der Waals surface area (Å²) in [5.74, 6) is -0.521. The van der Waals surface area contributed by atoms with Crippen molar-refractivity contribution in [2.24, 2.45) is 5.92 Å². The number of anilines is 1. The number of carbonyl (C=O) groups excluding carboxylic acids is 1. The van der Waals surface area contributed by atoms with Gasteiger partial charge in [0.1, 0.15) is 4.21 Å². The maximum atomic E-state index is 12.4. The van der Waals surface area contributed by atoms with E-state index in [4.69, 9.17) is 0 Å². The Kier molecular flexibility index (Phi) is 4.76. The third-order valence-corrected chi connectivity index (χ3v) is 6.01. The number of nitro groups is 1. The van der Waals surface area contributed by atoms with Crippen LogP contribution in [0.1, 0.15) is 13.8 Å². The lowest BCUT2D eigenvalue weighted by atomic mass is 10.2. The monoisotopic (exact) mass is 355 g/mol. The number of hydrogen-bond acceptors (Lipinski definition) is 7. The van der Waals surface area contributed by atoms with Crippen molar-refractivity contribution in [2.45, 2.75) is 23.0 Å². The Morgan fingerprint density at radius 2 is 1.91 bits per heavy atom. The number of carbonyl (C=O) groups is 1. The molecule has 10 heteroatoms. The Hall–Kier alpha value is -2.33. The summed E-state index contributed by atoms with van der Waals surface area (Å²) in [5.41, 5.74) is -0.196. The Bertz CT molecular complexity index is 841. The van der Waals surface area contributed by atoms with Crippen LogP contribution in [0.25, 0.3) is 0 Å². The van der Waals surface area contributed by atoms with Crippen molar-refractivity contribution in [1.82, 2.24) is 4.98 Å². The predicted molar refractivity (Wildman–Crippen MR) is 84.1 cm³/mol. The summed E-state index contributed by atoms with van der Waals surface area (Å²) in [6.45, 7) is 3.41. The molecule has 23 heavy (non-hydrogen) atoms. The highest BCUT2D eigenvalue weighted by Gasteiger charge is 2.22. The van der Waals surface area contributed by atoms with Crippen molar-refractivity contribution in [3.8, 4) is 0 Å². The van der Waals surface area contributed by atoms with E-state index in [1.54, 1.807) is 13.8 Å². The van der Waals surface area contributed by atoms with Crippen molar-refractivity contribution in [2.75, 3.05) is 5.32 Å². The summed E-state index contributed by atoms with van der Waals surface area (Å²) in [5, 5.41) is 13.3. The van der Waals surface area contributed by atoms with E-state index in [9.17, 15) is 23.3 Å². The molecule has 1 heterocycles. The molecule has 2 aromatic rings. The highest BCUT2D eigenvalue weighted by molar-refractivity contribution is 7.93. The van der Waals surface area contributed by atoms with Gasteiger partial charge in [-0.3, -0.25) is 14.9 Å². The third kappa shape index (κ3) is 3.71. The molecule has 1 amide bonds. The number of sulfone groups is 1. The quantitative estimate of drug-likeness (QED) is 0.650. The molecule has 0 atom stereocenters. The van der Waals surface area contributed by atoms with Crippen LogP contribution in [0.3, 0.4) is 0 Å². The maximum absolute atomic E-state index is 12.4. The summed E-state index contributed by atoms with van der Waals surface area (Å²) >= 11 is 0.826. The SMILES string of the molecule is CC(C)C(=O)Nc1ncc(S(=O)(=O)c2ccc([N+](=O)[O-])cc2)s1. The van der Waals surface area contributed by atoms with Gasteiger partial charge >= 0.3 is 0 Å². The third-order valence-electron chi connectivity index (χ3n) is 2.86. The fourth-order valence-electron chi connectivity index (χ4n) is 1.55. The molecular weight excluding hydrogens is 342 g/mol. The smallest absolute Gasteiger partial charge is 0.269 e. The van der Waals surface area contributed by atoms with Crippen LogP contribution >= 0.6 is 11.3 Å². The van der Waals surface area contributed by atoms with Gasteiger partial charge in [-0.05, 0) is 12.1 Å². The number of benzene rings is 1. The topological polar surface area (TPSA) is 119 Å². The zero-order valence-electron chi connectivity index (χ0n) is 12.2. The molecule has 0 fully saturated rings. The summed E-state index contributed by atoms with van der Waals surface area (Å²) in [4.78, 5) is 25.4. The average Bonchev–Trinajstić information content (AvgIpc) is 2.96. The van der Waals surface area contributed by atoms with Gasteiger partial charge in [-0.2, -0.15) is 0 Å². The highest BCUT2D eigenvalue weighted by atomic mass is 32.2. The molecule has 0 saturated heterocycles. The van der Waals surface area contributed by atoms with Gasteiger partial charge in [-0.25, -0.2) is 13.4 Å². The molecule has 1 aromatic heterocycles. The molecule has 122 valence electrons. The van der Waals surface area contributed by atoms with Crippen molar-refractivity contribution >= 4 is 37.9 Å². The second kappa shape index (κ2) is 6.42.